The number of aromatic hydroxyl groups is 2. The third-order valence-corrected chi connectivity index (χ3v) is 3.93. The molecule has 0 atom stereocenters. The van der Waals surface area contributed by atoms with Crippen LogP contribution in [0.2, 0.25) is 0 Å². The molecule has 8 nitrogen and oxygen atoms in total. The molecule has 8 heteroatoms. The lowest BCUT2D eigenvalue weighted by Gasteiger charge is -1.96. The minimum absolute atomic E-state index is 0.126. The Labute approximate surface area is 159 Å². The summed E-state index contributed by atoms with van der Waals surface area (Å²) in [5.74, 6) is -1.08. The first-order valence-corrected chi connectivity index (χ1v) is 8.41. The van der Waals surface area contributed by atoms with Crippen molar-refractivity contribution in [2.75, 3.05) is 6.61 Å². The van der Waals surface area contributed by atoms with E-state index in [4.69, 9.17) is 14.9 Å². The Balaban J connectivity index is 0.000000162. The number of carboxylic acid groups (broad SMARTS) is 1. The average molecular weight is 382 g/mol. The first-order chi connectivity index (χ1) is 13.4. The van der Waals surface area contributed by atoms with Crippen LogP contribution in [-0.4, -0.2) is 43.8 Å². The van der Waals surface area contributed by atoms with Crippen LogP contribution >= 0.6 is 0 Å². The Bertz CT molecular complexity index is 1160. The lowest BCUT2D eigenvalue weighted by atomic mass is 10.2. The number of phenolic OH excluding ortho intramolecular Hbond substituents is 2. The van der Waals surface area contributed by atoms with Gasteiger partial charge in [-0.2, -0.15) is 0 Å². The van der Waals surface area contributed by atoms with Gasteiger partial charge in [0, 0.05) is 21.8 Å². The van der Waals surface area contributed by atoms with Gasteiger partial charge in [0.05, 0.1) is 6.61 Å². The second-order valence-electron chi connectivity index (χ2n) is 5.93. The zero-order valence-electron chi connectivity index (χ0n) is 14.9. The molecule has 4 rings (SSSR count). The van der Waals surface area contributed by atoms with E-state index in [9.17, 15) is 14.7 Å². The second-order valence-corrected chi connectivity index (χ2v) is 5.93. The van der Waals surface area contributed by atoms with Crippen molar-refractivity contribution in [3.63, 3.8) is 0 Å². The molecular weight excluding hydrogens is 364 g/mol. The number of benzene rings is 2. The standard InChI is InChI=1S/C11H11NO3.C9H7NO3/c1-2-15-11(14)10-6-7-5-8(13)3-4-9(7)12-10;11-6-1-2-7-5(3-6)4-8(10-7)9(12)13/h3-6,12-13H,2H2,1H3;1-4,10-11H,(H,12,13). The van der Waals surface area contributed by atoms with Crippen LogP contribution in [0, 0.1) is 0 Å². The highest BCUT2D eigenvalue weighted by Crippen LogP contribution is 2.21. The van der Waals surface area contributed by atoms with Gasteiger partial charge in [0.25, 0.3) is 0 Å². The van der Waals surface area contributed by atoms with E-state index in [1.54, 1.807) is 37.3 Å². The van der Waals surface area contributed by atoms with E-state index in [1.807, 2.05) is 0 Å². The summed E-state index contributed by atoms with van der Waals surface area (Å²) in [4.78, 5) is 27.6. The summed E-state index contributed by atoms with van der Waals surface area (Å²) in [6.07, 6.45) is 0. The van der Waals surface area contributed by atoms with Crippen molar-refractivity contribution in [1.29, 1.82) is 0 Å². The Hall–Kier alpha value is -3.94. The summed E-state index contributed by atoms with van der Waals surface area (Å²) in [5, 5.41) is 28.5. The minimum Gasteiger partial charge on any atom is -0.508 e. The smallest absolute Gasteiger partial charge is 0.354 e. The van der Waals surface area contributed by atoms with Crippen LogP contribution < -0.4 is 0 Å². The number of fused-ring (bicyclic) bond motifs is 2. The molecule has 0 radical (unpaired) electrons. The number of carbonyl (C=O) groups excluding carboxylic acids is 1. The number of aromatic nitrogens is 2. The highest BCUT2D eigenvalue weighted by molar-refractivity contribution is 5.95. The van der Waals surface area contributed by atoms with Crippen LogP contribution in [0.1, 0.15) is 27.9 Å². The maximum atomic E-state index is 11.4. The van der Waals surface area contributed by atoms with Crippen molar-refractivity contribution >= 4 is 33.7 Å². The summed E-state index contributed by atoms with van der Waals surface area (Å²) in [6, 6.07) is 12.7. The predicted octanol–water partition coefficient (Wildman–Crippen LogP) is 3.62. The number of aromatic amines is 2. The number of aromatic carboxylic acids is 1. The fourth-order valence-corrected chi connectivity index (χ4v) is 2.67. The molecule has 4 aromatic rings. The lowest BCUT2D eigenvalue weighted by Crippen LogP contribution is -2.04. The van der Waals surface area contributed by atoms with Gasteiger partial charge in [-0.05, 0) is 55.5 Å². The molecule has 0 fully saturated rings. The van der Waals surface area contributed by atoms with E-state index in [-0.39, 0.29) is 23.2 Å². The number of hydrogen-bond donors (Lipinski definition) is 5. The van der Waals surface area contributed by atoms with E-state index >= 15 is 0 Å². The minimum atomic E-state index is -1.00. The van der Waals surface area contributed by atoms with Gasteiger partial charge in [0.1, 0.15) is 22.9 Å². The van der Waals surface area contributed by atoms with Gasteiger partial charge in [0.15, 0.2) is 0 Å². The number of ether oxygens (including phenoxy) is 1. The zero-order valence-corrected chi connectivity index (χ0v) is 14.9. The fraction of sp³-hybridized carbons (Fsp3) is 0.100. The number of carbonyl (C=O) groups is 2. The molecule has 2 heterocycles. The normalized spacial score (nSPS) is 10.5. The van der Waals surface area contributed by atoms with Crippen LogP contribution in [0.25, 0.3) is 21.8 Å². The van der Waals surface area contributed by atoms with Crippen LogP contribution in [0.15, 0.2) is 48.5 Å². The van der Waals surface area contributed by atoms with Crippen molar-refractivity contribution in [2.24, 2.45) is 0 Å². The number of esters is 1. The molecule has 2 aromatic carbocycles. The molecule has 0 aliphatic rings. The molecule has 0 spiro atoms. The van der Waals surface area contributed by atoms with Crippen molar-refractivity contribution in [3.8, 4) is 11.5 Å². The van der Waals surface area contributed by atoms with Crippen molar-refractivity contribution in [3.05, 3.63) is 59.9 Å². The summed E-state index contributed by atoms with van der Waals surface area (Å²) in [7, 11) is 0. The van der Waals surface area contributed by atoms with Gasteiger partial charge in [-0.15, -0.1) is 0 Å². The molecule has 5 N–H and O–H groups in total. The quantitative estimate of drug-likeness (QED) is 0.343. The first kappa shape index (κ1) is 18.8. The van der Waals surface area contributed by atoms with Crippen molar-refractivity contribution in [2.45, 2.75) is 6.92 Å². The van der Waals surface area contributed by atoms with Gasteiger partial charge in [-0.3, -0.25) is 0 Å². The Kier molecular flexibility index (Phi) is 5.21. The topological polar surface area (TPSA) is 136 Å². The van der Waals surface area contributed by atoms with Gasteiger partial charge < -0.3 is 30.0 Å². The zero-order chi connectivity index (χ0) is 20.3. The number of rotatable bonds is 3. The SMILES string of the molecule is CCOC(=O)c1cc2cc(O)ccc2[nH]1.O=C(O)c1cc2cc(O)ccc2[nH]1. The van der Waals surface area contributed by atoms with Crippen LogP contribution in [-0.2, 0) is 4.74 Å². The Morgan fingerprint density at radius 1 is 0.857 bits per heavy atom. The molecule has 28 heavy (non-hydrogen) atoms. The van der Waals surface area contributed by atoms with Gasteiger partial charge in [-0.25, -0.2) is 9.59 Å². The van der Waals surface area contributed by atoms with Crippen LogP contribution in [0.4, 0.5) is 0 Å². The third kappa shape index (κ3) is 4.07. The van der Waals surface area contributed by atoms with E-state index < -0.39 is 5.97 Å². The van der Waals surface area contributed by atoms with E-state index in [2.05, 4.69) is 9.97 Å². The molecular formula is C20H18N2O6. The molecule has 0 aliphatic heterocycles. The first-order valence-electron chi connectivity index (χ1n) is 8.41. The summed E-state index contributed by atoms with van der Waals surface area (Å²) < 4.78 is 4.86. The summed E-state index contributed by atoms with van der Waals surface area (Å²) in [5.41, 5.74) is 2.03. The maximum Gasteiger partial charge on any atom is 0.354 e. The number of H-pyrrole nitrogens is 2. The van der Waals surface area contributed by atoms with Gasteiger partial charge in [0.2, 0.25) is 0 Å². The molecule has 2 aromatic heterocycles. The number of phenols is 2. The third-order valence-electron chi connectivity index (χ3n) is 3.93. The number of hydrogen-bond acceptors (Lipinski definition) is 5. The predicted molar refractivity (Wildman–Crippen MR) is 103 cm³/mol. The molecule has 0 saturated heterocycles. The van der Waals surface area contributed by atoms with E-state index in [1.165, 1.54) is 18.2 Å². The monoisotopic (exact) mass is 382 g/mol. The van der Waals surface area contributed by atoms with Crippen LogP contribution in [0.3, 0.4) is 0 Å². The average Bonchev–Trinajstić information content (AvgIpc) is 3.25. The van der Waals surface area contributed by atoms with Gasteiger partial charge in [-0.1, -0.05) is 0 Å². The Morgan fingerprint density at radius 2 is 1.36 bits per heavy atom. The molecule has 144 valence electrons. The number of nitrogens with one attached hydrogen (secondary N) is 2. The summed E-state index contributed by atoms with van der Waals surface area (Å²) in [6.45, 7) is 2.10. The van der Waals surface area contributed by atoms with Crippen molar-refractivity contribution in [1.82, 2.24) is 9.97 Å². The van der Waals surface area contributed by atoms with E-state index in [0.717, 1.165) is 10.9 Å². The highest BCUT2D eigenvalue weighted by atomic mass is 16.5. The molecule has 0 saturated carbocycles. The summed E-state index contributed by atoms with van der Waals surface area (Å²) >= 11 is 0. The largest absolute Gasteiger partial charge is 0.508 e. The number of carboxylic acids is 1. The molecule has 0 aliphatic carbocycles. The second kappa shape index (κ2) is 7.75. The molecule has 0 amide bonds. The van der Waals surface area contributed by atoms with Crippen molar-refractivity contribution < 1.29 is 29.6 Å². The fourth-order valence-electron chi connectivity index (χ4n) is 2.67. The Morgan fingerprint density at radius 3 is 1.86 bits per heavy atom. The molecule has 0 bridgehead atoms. The molecule has 0 unspecified atom stereocenters. The lowest BCUT2D eigenvalue weighted by molar-refractivity contribution is 0.0520. The van der Waals surface area contributed by atoms with Gasteiger partial charge >= 0.3 is 11.9 Å². The van der Waals surface area contributed by atoms with Crippen LogP contribution in [0.5, 0.6) is 11.5 Å². The highest BCUT2D eigenvalue weighted by Gasteiger charge is 2.10. The maximum absolute atomic E-state index is 11.4. The van der Waals surface area contributed by atoms with E-state index in [0.29, 0.717) is 23.2 Å².